The third-order valence-corrected chi connectivity index (χ3v) is 10.9. The summed E-state index contributed by atoms with van der Waals surface area (Å²) in [6.07, 6.45) is 0. The fourth-order valence-corrected chi connectivity index (χ4v) is 9.06. The summed E-state index contributed by atoms with van der Waals surface area (Å²) < 4.78 is 6.84. The summed E-state index contributed by atoms with van der Waals surface area (Å²) in [5, 5.41) is 2.34. The van der Waals surface area contributed by atoms with Gasteiger partial charge in [0.1, 0.15) is 11.2 Å². The molecule has 0 atom stereocenters. The van der Waals surface area contributed by atoms with E-state index < -0.39 is 5.41 Å². The number of hydrogen-bond donors (Lipinski definition) is 0. The first-order chi connectivity index (χ1) is 23.1. The van der Waals surface area contributed by atoms with Crippen LogP contribution in [0.3, 0.4) is 0 Å². The first-order valence-electron chi connectivity index (χ1n) is 16.5. The summed E-state index contributed by atoms with van der Waals surface area (Å²) in [6.45, 7) is 4.73. The first-order valence-corrected chi connectivity index (χ1v) is 16.5. The standard InChI is InChI=1S/C46H32O/c1-45(2)38-24-11-9-19-31(38)34-22-13-23-35(44(34)45)33-21-14-26-41-43(33)37-27-36-32-20-10-12-25-39(32)46(29-15-5-3-6-16-29,30-17-7-4-8-18-30)40(36)28-42(37)47-41/h3-28H,1-2H3. The molecular weight excluding hydrogens is 569 g/mol. The van der Waals surface area contributed by atoms with Crippen LogP contribution in [0, 0.1) is 0 Å². The summed E-state index contributed by atoms with van der Waals surface area (Å²) in [5.41, 5.74) is 16.9. The van der Waals surface area contributed by atoms with Crippen LogP contribution < -0.4 is 0 Å². The Morgan fingerprint density at radius 1 is 0.404 bits per heavy atom. The maximum atomic E-state index is 6.84. The summed E-state index contributed by atoms with van der Waals surface area (Å²) in [4.78, 5) is 0. The van der Waals surface area contributed by atoms with Crippen LogP contribution in [0.1, 0.15) is 47.2 Å². The molecule has 0 amide bonds. The van der Waals surface area contributed by atoms with Crippen LogP contribution in [0.4, 0.5) is 0 Å². The van der Waals surface area contributed by atoms with Crippen LogP contribution in [0.15, 0.2) is 162 Å². The van der Waals surface area contributed by atoms with E-state index >= 15 is 0 Å². The van der Waals surface area contributed by atoms with Crippen LogP contribution in [0.5, 0.6) is 0 Å². The predicted octanol–water partition coefficient (Wildman–Crippen LogP) is 11.9. The zero-order valence-electron chi connectivity index (χ0n) is 26.4. The molecule has 222 valence electrons. The van der Waals surface area contributed by atoms with Crippen molar-refractivity contribution in [3.8, 4) is 33.4 Å². The molecule has 10 rings (SSSR count). The van der Waals surface area contributed by atoms with E-state index in [1.54, 1.807) is 0 Å². The van der Waals surface area contributed by atoms with E-state index in [0.717, 1.165) is 16.6 Å². The van der Waals surface area contributed by atoms with Crippen LogP contribution in [-0.4, -0.2) is 0 Å². The fraction of sp³-hybridized carbons (Fsp3) is 0.0870. The summed E-state index contributed by atoms with van der Waals surface area (Å²) in [5.74, 6) is 0. The minimum atomic E-state index is -0.458. The zero-order valence-corrected chi connectivity index (χ0v) is 26.4. The lowest BCUT2D eigenvalue weighted by Crippen LogP contribution is -2.28. The van der Waals surface area contributed by atoms with Gasteiger partial charge in [0.15, 0.2) is 0 Å². The molecule has 47 heavy (non-hydrogen) atoms. The third-order valence-electron chi connectivity index (χ3n) is 10.9. The molecule has 0 N–H and O–H groups in total. The van der Waals surface area contributed by atoms with Gasteiger partial charge in [0.2, 0.25) is 0 Å². The molecule has 2 aliphatic carbocycles. The quantitative estimate of drug-likeness (QED) is 0.197. The Labute approximate surface area is 274 Å². The molecule has 1 nitrogen and oxygen atoms in total. The Morgan fingerprint density at radius 2 is 0.936 bits per heavy atom. The maximum Gasteiger partial charge on any atom is 0.136 e. The van der Waals surface area contributed by atoms with Gasteiger partial charge in [-0.3, -0.25) is 0 Å². The fourth-order valence-electron chi connectivity index (χ4n) is 9.06. The number of benzene rings is 7. The van der Waals surface area contributed by atoms with Gasteiger partial charge in [-0.15, -0.1) is 0 Å². The lowest BCUT2D eigenvalue weighted by molar-refractivity contribution is 0.661. The molecule has 0 unspecified atom stereocenters. The first kappa shape index (κ1) is 26.5. The van der Waals surface area contributed by atoms with E-state index in [-0.39, 0.29) is 5.41 Å². The van der Waals surface area contributed by atoms with Gasteiger partial charge >= 0.3 is 0 Å². The summed E-state index contributed by atoms with van der Waals surface area (Å²) in [7, 11) is 0. The van der Waals surface area contributed by atoms with Crippen molar-refractivity contribution in [3.63, 3.8) is 0 Å². The molecular formula is C46H32O. The van der Waals surface area contributed by atoms with Crippen LogP contribution in [0.2, 0.25) is 0 Å². The Kier molecular flexibility index (Phi) is 5.33. The van der Waals surface area contributed by atoms with E-state index in [1.165, 1.54) is 72.1 Å². The molecule has 7 aromatic carbocycles. The van der Waals surface area contributed by atoms with E-state index in [1.807, 2.05) is 0 Å². The van der Waals surface area contributed by atoms with Gasteiger partial charge < -0.3 is 4.42 Å². The van der Waals surface area contributed by atoms with Crippen LogP contribution >= 0.6 is 0 Å². The van der Waals surface area contributed by atoms with Gasteiger partial charge in [-0.25, -0.2) is 0 Å². The van der Waals surface area contributed by atoms with Crippen molar-refractivity contribution in [2.45, 2.75) is 24.7 Å². The number of fused-ring (bicyclic) bond motifs is 9. The second kappa shape index (κ2) is 9.44. The van der Waals surface area contributed by atoms with Crippen LogP contribution in [-0.2, 0) is 10.8 Å². The molecule has 0 bridgehead atoms. The van der Waals surface area contributed by atoms with Crippen LogP contribution in [0.25, 0.3) is 55.3 Å². The van der Waals surface area contributed by atoms with Crippen molar-refractivity contribution >= 4 is 21.9 Å². The van der Waals surface area contributed by atoms with Crippen molar-refractivity contribution in [1.82, 2.24) is 0 Å². The highest BCUT2D eigenvalue weighted by Crippen LogP contribution is 2.58. The zero-order chi connectivity index (χ0) is 31.3. The predicted molar refractivity (Wildman–Crippen MR) is 194 cm³/mol. The van der Waals surface area contributed by atoms with Gasteiger partial charge in [-0.2, -0.15) is 0 Å². The molecule has 8 aromatic rings. The van der Waals surface area contributed by atoms with Crippen molar-refractivity contribution in [2.24, 2.45) is 0 Å². The molecule has 0 spiro atoms. The Morgan fingerprint density at radius 3 is 1.64 bits per heavy atom. The molecule has 0 aliphatic heterocycles. The topological polar surface area (TPSA) is 13.1 Å². The molecule has 0 radical (unpaired) electrons. The van der Waals surface area contributed by atoms with E-state index in [2.05, 4.69) is 172 Å². The number of rotatable bonds is 3. The van der Waals surface area contributed by atoms with Gasteiger partial charge in [0.25, 0.3) is 0 Å². The molecule has 2 aliphatic rings. The highest BCUT2D eigenvalue weighted by molar-refractivity contribution is 6.15. The van der Waals surface area contributed by atoms with Gasteiger partial charge in [-0.05, 0) is 85.0 Å². The lowest BCUT2D eigenvalue weighted by atomic mass is 9.67. The van der Waals surface area contributed by atoms with Gasteiger partial charge in [0, 0.05) is 16.2 Å². The average molecular weight is 601 g/mol. The van der Waals surface area contributed by atoms with Crippen molar-refractivity contribution in [1.29, 1.82) is 0 Å². The molecule has 0 fully saturated rings. The third kappa shape index (κ3) is 3.39. The van der Waals surface area contributed by atoms with Crippen molar-refractivity contribution < 1.29 is 4.42 Å². The highest BCUT2D eigenvalue weighted by Gasteiger charge is 2.46. The van der Waals surface area contributed by atoms with E-state index in [4.69, 9.17) is 4.42 Å². The molecule has 1 aromatic heterocycles. The van der Waals surface area contributed by atoms with Gasteiger partial charge in [0.05, 0.1) is 5.41 Å². The largest absolute Gasteiger partial charge is 0.456 e. The second-order valence-corrected chi connectivity index (χ2v) is 13.6. The molecule has 1 heterocycles. The monoisotopic (exact) mass is 600 g/mol. The SMILES string of the molecule is CC1(C)c2ccccc2-c2cccc(-c3cccc4oc5cc6c(cc5c34)-c3ccccc3C6(c3ccccc3)c3ccccc3)c21. The van der Waals surface area contributed by atoms with Crippen molar-refractivity contribution in [2.75, 3.05) is 0 Å². The summed E-state index contributed by atoms with van der Waals surface area (Å²) >= 11 is 0. The second-order valence-electron chi connectivity index (χ2n) is 13.6. The van der Waals surface area contributed by atoms with Gasteiger partial charge in [-0.1, -0.05) is 153 Å². The minimum absolute atomic E-state index is 0.116. The van der Waals surface area contributed by atoms with E-state index in [0.29, 0.717) is 0 Å². The van der Waals surface area contributed by atoms with E-state index in [9.17, 15) is 0 Å². The highest BCUT2D eigenvalue weighted by atomic mass is 16.3. The number of hydrogen-bond acceptors (Lipinski definition) is 1. The maximum absolute atomic E-state index is 6.84. The smallest absolute Gasteiger partial charge is 0.136 e. The molecule has 0 saturated carbocycles. The summed E-state index contributed by atoms with van der Waals surface area (Å²) in [6, 6.07) is 57.9. The van der Waals surface area contributed by atoms with Crippen molar-refractivity contribution in [3.05, 3.63) is 191 Å². The Bertz CT molecular complexity index is 2490. The minimum Gasteiger partial charge on any atom is -0.456 e. The molecule has 0 saturated heterocycles. The Balaban J connectivity index is 1.29. The molecule has 1 heteroatoms. The lowest BCUT2D eigenvalue weighted by Gasteiger charge is -2.33. The average Bonchev–Trinajstić information content (AvgIpc) is 3.72. The normalized spacial score (nSPS) is 14.9. The number of furan rings is 1. The Hall–Kier alpha value is -5.66.